The predicted octanol–water partition coefficient (Wildman–Crippen LogP) is 0.349. The summed E-state index contributed by atoms with van der Waals surface area (Å²) in [5, 5.41) is 8.65. The van der Waals surface area contributed by atoms with E-state index in [9.17, 15) is 4.79 Å². The Morgan fingerprint density at radius 2 is 2.58 bits per heavy atom. The molecular formula is C7H9N3O2. The Balaban J connectivity index is 3.11. The first-order chi connectivity index (χ1) is 5.66. The molecule has 64 valence electrons. The number of hydrogen-bond donors (Lipinski definition) is 2. The molecule has 0 aliphatic carbocycles. The molecule has 0 atom stereocenters. The molecule has 0 fully saturated rings. The number of carboxylic acid groups (broad SMARTS) is 1. The maximum absolute atomic E-state index is 10.6. The van der Waals surface area contributed by atoms with Crippen LogP contribution in [-0.2, 0) is 6.54 Å². The van der Waals surface area contributed by atoms with E-state index in [1.54, 1.807) is 6.08 Å². The number of nitrogens with two attached hydrogens (primary N) is 1. The largest absolute Gasteiger partial charge is 0.477 e. The summed E-state index contributed by atoms with van der Waals surface area (Å²) in [7, 11) is 0. The van der Waals surface area contributed by atoms with Crippen molar-refractivity contribution in [2.24, 2.45) is 0 Å². The zero-order valence-electron chi connectivity index (χ0n) is 6.40. The molecule has 5 nitrogen and oxygen atoms in total. The highest BCUT2D eigenvalue weighted by Crippen LogP contribution is 2.06. The number of carboxylic acids is 1. The van der Waals surface area contributed by atoms with Crippen molar-refractivity contribution < 1.29 is 9.90 Å². The van der Waals surface area contributed by atoms with Crippen LogP contribution in [0.5, 0.6) is 0 Å². The van der Waals surface area contributed by atoms with Crippen molar-refractivity contribution >= 4 is 11.9 Å². The van der Waals surface area contributed by atoms with Gasteiger partial charge in [0.1, 0.15) is 5.69 Å². The first kappa shape index (κ1) is 8.32. The number of rotatable bonds is 3. The van der Waals surface area contributed by atoms with Crippen molar-refractivity contribution in [3.8, 4) is 0 Å². The van der Waals surface area contributed by atoms with E-state index in [0.717, 1.165) is 0 Å². The molecule has 5 heteroatoms. The SMILES string of the molecule is C=CCn1c(C(=O)O)cnc1N. The Kier molecular flexibility index (Phi) is 2.14. The summed E-state index contributed by atoms with van der Waals surface area (Å²) in [6.45, 7) is 3.83. The lowest BCUT2D eigenvalue weighted by Crippen LogP contribution is -2.09. The highest BCUT2D eigenvalue weighted by atomic mass is 16.4. The second-order valence-electron chi connectivity index (χ2n) is 2.21. The van der Waals surface area contributed by atoms with E-state index in [1.165, 1.54) is 10.8 Å². The van der Waals surface area contributed by atoms with Crippen LogP contribution in [-0.4, -0.2) is 20.6 Å². The van der Waals surface area contributed by atoms with Gasteiger partial charge in [-0.1, -0.05) is 6.08 Å². The third-order valence-corrected chi connectivity index (χ3v) is 1.42. The van der Waals surface area contributed by atoms with Gasteiger partial charge in [0.2, 0.25) is 5.95 Å². The van der Waals surface area contributed by atoms with Gasteiger partial charge < -0.3 is 15.4 Å². The lowest BCUT2D eigenvalue weighted by molar-refractivity contribution is 0.0686. The van der Waals surface area contributed by atoms with Gasteiger partial charge in [-0.3, -0.25) is 0 Å². The molecule has 0 aromatic carbocycles. The molecule has 1 heterocycles. The summed E-state index contributed by atoms with van der Waals surface area (Å²) in [5.41, 5.74) is 5.48. The van der Waals surface area contributed by atoms with Crippen molar-refractivity contribution in [2.45, 2.75) is 6.54 Å². The van der Waals surface area contributed by atoms with Gasteiger partial charge in [-0.25, -0.2) is 9.78 Å². The standard InChI is InChI=1S/C7H9N3O2/c1-2-3-10-5(6(11)12)4-9-7(10)8/h2,4H,1,3H2,(H2,8,9)(H,11,12). The number of allylic oxidation sites excluding steroid dienone is 1. The summed E-state index contributed by atoms with van der Waals surface area (Å²) in [6.07, 6.45) is 2.78. The number of anilines is 1. The van der Waals surface area contributed by atoms with E-state index < -0.39 is 5.97 Å². The molecule has 0 bridgehead atoms. The molecule has 0 radical (unpaired) electrons. The minimum absolute atomic E-state index is 0.0763. The summed E-state index contributed by atoms with van der Waals surface area (Å²) >= 11 is 0. The number of carbonyl (C=O) groups is 1. The van der Waals surface area contributed by atoms with Crippen LogP contribution in [0.2, 0.25) is 0 Å². The monoisotopic (exact) mass is 167 g/mol. The van der Waals surface area contributed by atoms with Crippen LogP contribution in [0.3, 0.4) is 0 Å². The molecule has 1 aromatic heterocycles. The molecule has 1 rings (SSSR count). The fourth-order valence-electron chi connectivity index (χ4n) is 0.882. The van der Waals surface area contributed by atoms with Gasteiger partial charge in [-0.15, -0.1) is 6.58 Å². The van der Waals surface area contributed by atoms with Crippen molar-refractivity contribution in [1.82, 2.24) is 9.55 Å². The zero-order valence-corrected chi connectivity index (χ0v) is 6.40. The summed E-state index contributed by atoms with van der Waals surface area (Å²) in [5.74, 6) is -0.853. The van der Waals surface area contributed by atoms with Gasteiger partial charge in [0.15, 0.2) is 0 Å². The summed E-state index contributed by atoms with van der Waals surface area (Å²) in [4.78, 5) is 14.2. The fourth-order valence-corrected chi connectivity index (χ4v) is 0.882. The minimum atomic E-state index is -1.04. The van der Waals surface area contributed by atoms with E-state index in [4.69, 9.17) is 10.8 Å². The Bertz CT molecular complexity index is 316. The number of nitrogen functional groups attached to an aromatic ring is 1. The molecule has 0 saturated carbocycles. The van der Waals surface area contributed by atoms with E-state index in [1.807, 2.05) is 0 Å². The van der Waals surface area contributed by atoms with E-state index in [2.05, 4.69) is 11.6 Å². The van der Waals surface area contributed by atoms with Crippen LogP contribution in [0.25, 0.3) is 0 Å². The minimum Gasteiger partial charge on any atom is -0.477 e. The van der Waals surface area contributed by atoms with Crippen molar-refractivity contribution in [2.75, 3.05) is 5.73 Å². The van der Waals surface area contributed by atoms with Gasteiger partial charge >= 0.3 is 5.97 Å². The molecule has 12 heavy (non-hydrogen) atoms. The van der Waals surface area contributed by atoms with E-state index in [-0.39, 0.29) is 11.6 Å². The average Bonchev–Trinajstić information content (AvgIpc) is 2.34. The molecule has 0 aliphatic rings. The molecule has 0 unspecified atom stereocenters. The molecule has 0 saturated heterocycles. The molecule has 1 aromatic rings. The van der Waals surface area contributed by atoms with Crippen LogP contribution in [0.15, 0.2) is 18.9 Å². The van der Waals surface area contributed by atoms with Gasteiger partial charge in [-0.05, 0) is 0 Å². The first-order valence-corrected chi connectivity index (χ1v) is 3.32. The molecule has 0 amide bonds. The Morgan fingerprint density at radius 1 is 1.92 bits per heavy atom. The second-order valence-corrected chi connectivity index (χ2v) is 2.21. The van der Waals surface area contributed by atoms with E-state index >= 15 is 0 Å². The molecule has 0 spiro atoms. The number of aromatic nitrogens is 2. The highest BCUT2D eigenvalue weighted by Gasteiger charge is 2.11. The van der Waals surface area contributed by atoms with Crippen LogP contribution in [0, 0.1) is 0 Å². The number of hydrogen-bond acceptors (Lipinski definition) is 3. The average molecular weight is 167 g/mol. The normalized spacial score (nSPS) is 9.67. The van der Waals surface area contributed by atoms with Crippen molar-refractivity contribution in [3.63, 3.8) is 0 Å². The third-order valence-electron chi connectivity index (χ3n) is 1.42. The smallest absolute Gasteiger partial charge is 0.354 e. The van der Waals surface area contributed by atoms with Gasteiger partial charge in [-0.2, -0.15) is 0 Å². The van der Waals surface area contributed by atoms with Gasteiger partial charge in [0.05, 0.1) is 6.20 Å². The van der Waals surface area contributed by atoms with Crippen LogP contribution in [0.1, 0.15) is 10.5 Å². The maximum atomic E-state index is 10.6. The fraction of sp³-hybridized carbons (Fsp3) is 0.143. The molecular weight excluding hydrogens is 158 g/mol. The third kappa shape index (κ3) is 1.29. The second kappa shape index (κ2) is 3.08. The number of imidazole rings is 1. The lowest BCUT2D eigenvalue weighted by atomic mass is 10.4. The Morgan fingerprint density at radius 3 is 3.08 bits per heavy atom. The topological polar surface area (TPSA) is 81.1 Å². The summed E-state index contributed by atoms with van der Waals surface area (Å²) in [6, 6.07) is 0. The molecule has 3 N–H and O–H groups in total. The highest BCUT2D eigenvalue weighted by molar-refractivity contribution is 5.86. The van der Waals surface area contributed by atoms with Gasteiger partial charge in [0.25, 0.3) is 0 Å². The molecule has 0 aliphatic heterocycles. The summed E-state index contributed by atoms with van der Waals surface area (Å²) < 4.78 is 1.37. The van der Waals surface area contributed by atoms with Gasteiger partial charge in [0, 0.05) is 6.54 Å². The Hall–Kier alpha value is -1.78. The maximum Gasteiger partial charge on any atom is 0.354 e. The van der Waals surface area contributed by atoms with Crippen LogP contribution in [0.4, 0.5) is 5.95 Å². The first-order valence-electron chi connectivity index (χ1n) is 3.32. The van der Waals surface area contributed by atoms with Crippen molar-refractivity contribution in [3.05, 3.63) is 24.5 Å². The number of aromatic carboxylic acids is 1. The quantitative estimate of drug-likeness (QED) is 0.636. The van der Waals surface area contributed by atoms with Crippen molar-refractivity contribution in [1.29, 1.82) is 0 Å². The number of nitrogens with zero attached hydrogens (tertiary/aromatic N) is 2. The lowest BCUT2D eigenvalue weighted by Gasteiger charge is -2.01. The van der Waals surface area contributed by atoms with Crippen LogP contribution >= 0.6 is 0 Å². The van der Waals surface area contributed by atoms with E-state index in [0.29, 0.717) is 6.54 Å². The van der Waals surface area contributed by atoms with Crippen LogP contribution < -0.4 is 5.73 Å². The predicted molar refractivity (Wildman–Crippen MR) is 43.8 cm³/mol. The Labute approximate surface area is 69.1 Å². The zero-order chi connectivity index (χ0) is 9.14.